The molecular weight excluding hydrogens is 312 g/mol. The monoisotopic (exact) mass is 320 g/mol. The highest BCUT2D eigenvalue weighted by Gasteiger charge is 1.97. The molecule has 0 N–H and O–H groups in total. The second-order valence-electron chi connectivity index (χ2n) is 3.60. The van der Waals surface area contributed by atoms with E-state index in [1.807, 2.05) is 42.5 Å². The fourth-order valence-electron chi connectivity index (χ4n) is 1.41. The molecule has 0 aliphatic heterocycles. The molecule has 0 heterocycles. The lowest BCUT2D eigenvalue weighted by atomic mass is 10.2. The molecule has 0 spiro atoms. The van der Waals surface area contributed by atoms with E-state index in [9.17, 15) is 0 Å². The summed E-state index contributed by atoms with van der Waals surface area (Å²) in [5.74, 6) is 7.00. The molecule has 1 nitrogen and oxygen atoms in total. The summed E-state index contributed by atoms with van der Waals surface area (Å²) >= 11 is 9.38. The molecule has 0 aromatic heterocycles. The third-order valence-electron chi connectivity index (χ3n) is 2.36. The van der Waals surface area contributed by atoms with E-state index in [1.54, 1.807) is 7.11 Å². The zero-order valence-corrected chi connectivity index (χ0v) is 12.0. The molecule has 3 heteroatoms. The van der Waals surface area contributed by atoms with Crippen molar-refractivity contribution in [1.29, 1.82) is 0 Å². The molecule has 0 aliphatic carbocycles. The maximum Gasteiger partial charge on any atom is 0.118 e. The van der Waals surface area contributed by atoms with Gasteiger partial charge in [0.1, 0.15) is 5.75 Å². The van der Waals surface area contributed by atoms with Gasteiger partial charge in [0.05, 0.1) is 7.11 Å². The minimum absolute atomic E-state index is 0.678. The van der Waals surface area contributed by atoms with Crippen molar-refractivity contribution in [3.05, 3.63) is 63.1 Å². The van der Waals surface area contributed by atoms with Gasteiger partial charge in [0.25, 0.3) is 0 Å². The summed E-state index contributed by atoms with van der Waals surface area (Å²) in [6, 6.07) is 13.2. The Hall–Kier alpha value is -1.43. The van der Waals surface area contributed by atoms with Crippen LogP contribution in [0.2, 0.25) is 5.02 Å². The fourth-order valence-corrected chi connectivity index (χ4v) is 1.92. The van der Waals surface area contributed by atoms with Gasteiger partial charge in [-0.25, -0.2) is 0 Å². The van der Waals surface area contributed by atoms with Gasteiger partial charge >= 0.3 is 0 Å². The van der Waals surface area contributed by atoms with Crippen LogP contribution in [-0.4, -0.2) is 7.11 Å². The third kappa shape index (κ3) is 3.29. The van der Waals surface area contributed by atoms with Crippen molar-refractivity contribution in [3.8, 4) is 17.6 Å². The lowest BCUT2D eigenvalue weighted by molar-refractivity contribution is 0.415. The van der Waals surface area contributed by atoms with Crippen LogP contribution in [0.15, 0.2) is 46.9 Å². The zero-order chi connectivity index (χ0) is 13.0. The minimum Gasteiger partial charge on any atom is -0.497 e. The maximum absolute atomic E-state index is 5.93. The standard InChI is InChI=1S/C15H10BrClO/c1-18-14-7-3-11(4-8-14)2-5-12-10-13(17)6-9-15(12)16/h3-4,6-10H,1H3. The number of hydrogen-bond donors (Lipinski definition) is 0. The average molecular weight is 322 g/mol. The van der Waals surface area contributed by atoms with E-state index >= 15 is 0 Å². The first-order chi connectivity index (χ1) is 8.69. The summed E-state index contributed by atoms with van der Waals surface area (Å²) in [6.45, 7) is 0. The van der Waals surface area contributed by atoms with E-state index in [-0.39, 0.29) is 0 Å². The van der Waals surface area contributed by atoms with Crippen molar-refractivity contribution in [1.82, 2.24) is 0 Å². The lowest BCUT2D eigenvalue weighted by Gasteiger charge is -1.98. The predicted octanol–water partition coefficient (Wildman–Crippen LogP) is 4.51. The van der Waals surface area contributed by atoms with E-state index in [2.05, 4.69) is 27.8 Å². The molecule has 2 rings (SSSR count). The van der Waals surface area contributed by atoms with Crippen LogP contribution in [0.4, 0.5) is 0 Å². The van der Waals surface area contributed by atoms with Gasteiger partial charge in [-0.1, -0.05) is 23.4 Å². The second-order valence-corrected chi connectivity index (χ2v) is 4.89. The molecular formula is C15H10BrClO. The van der Waals surface area contributed by atoms with Gasteiger partial charge in [-0.3, -0.25) is 0 Å². The summed E-state index contributed by atoms with van der Waals surface area (Å²) < 4.78 is 6.03. The van der Waals surface area contributed by atoms with Gasteiger partial charge in [0, 0.05) is 20.6 Å². The number of rotatable bonds is 1. The second kappa shape index (κ2) is 5.95. The highest BCUT2D eigenvalue weighted by Crippen LogP contribution is 2.20. The molecule has 0 fully saturated rings. The average Bonchev–Trinajstić information content (AvgIpc) is 2.40. The number of benzene rings is 2. The molecule has 0 saturated carbocycles. The summed E-state index contributed by atoms with van der Waals surface area (Å²) in [7, 11) is 1.64. The normalized spacial score (nSPS) is 9.50. The summed E-state index contributed by atoms with van der Waals surface area (Å²) in [5, 5.41) is 0.678. The maximum atomic E-state index is 5.93. The molecule has 18 heavy (non-hydrogen) atoms. The van der Waals surface area contributed by atoms with Gasteiger partial charge in [0.2, 0.25) is 0 Å². The van der Waals surface area contributed by atoms with E-state index < -0.39 is 0 Å². The molecule has 0 radical (unpaired) electrons. The van der Waals surface area contributed by atoms with Crippen molar-refractivity contribution >= 4 is 27.5 Å². The highest BCUT2D eigenvalue weighted by atomic mass is 79.9. The molecule has 0 aliphatic rings. The Morgan fingerprint density at radius 1 is 1.06 bits per heavy atom. The number of halogens is 2. The molecule has 90 valence electrons. The van der Waals surface area contributed by atoms with Gasteiger partial charge in [-0.05, 0) is 58.4 Å². The first-order valence-corrected chi connectivity index (χ1v) is 6.47. The number of methoxy groups -OCH3 is 1. The summed E-state index contributed by atoms with van der Waals surface area (Å²) in [4.78, 5) is 0. The van der Waals surface area contributed by atoms with Gasteiger partial charge < -0.3 is 4.74 Å². The largest absolute Gasteiger partial charge is 0.497 e. The van der Waals surface area contributed by atoms with Gasteiger partial charge in [-0.15, -0.1) is 0 Å². The minimum atomic E-state index is 0.678. The molecule has 0 bridgehead atoms. The van der Waals surface area contributed by atoms with Crippen LogP contribution in [-0.2, 0) is 0 Å². The Labute approximate surface area is 120 Å². The third-order valence-corrected chi connectivity index (χ3v) is 3.29. The zero-order valence-electron chi connectivity index (χ0n) is 9.71. The van der Waals surface area contributed by atoms with Crippen LogP contribution in [0.3, 0.4) is 0 Å². The van der Waals surface area contributed by atoms with Crippen LogP contribution in [0.1, 0.15) is 11.1 Å². The van der Waals surface area contributed by atoms with E-state index in [1.165, 1.54) is 0 Å². The lowest BCUT2D eigenvalue weighted by Crippen LogP contribution is -1.82. The molecule has 2 aromatic carbocycles. The first kappa shape index (κ1) is 13.0. The summed E-state index contributed by atoms with van der Waals surface area (Å²) in [5.41, 5.74) is 1.81. The first-order valence-electron chi connectivity index (χ1n) is 5.30. The van der Waals surface area contributed by atoms with Crippen LogP contribution in [0.25, 0.3) is 0 Å². The smallest absolute Gasteiger partial charge is 0.118 e. The van der Waals surface area contributed by atoms with Crippen molar-refractivity contribution in [3.63, 3.8) is 0 Å². The van der Waals surface area contributed by atoms with Crippen molar-refractivity contribution in [2.24, 2.45) is 0 Å². The number of ether oxygens (including phenoxy) is 1. The van der Waals surface area contributed by atoms with Crippen molar-refractivity contribution in [2.75, 3.05) is 7.11 Å². The van der Waals surface area contributed by atoms with Crippen LogP contribution < -0.4 is 4.74 Å². The molecule has 0 unspecified atom stereocenters. The van der Waals surface area contributed by atoms with Crippen LogP contribution in [0.5, 0.6) is 5.75 Å². The van der Waals surface area contributed by atoms with Crippen molar-refractivity contribution < 1.29 is 4.74 Å². The Morgan fingerprint density at radius 2 is 1.78 bits per heavy atom. The topological polar surface area (TPSA) is 9.23 Å². The SMILES string of the molecule is COc1ccc(C#Cc2cc(Cl)ccc2Br)cc1. The van der Waals surface area contributed by atoms with E-state index in [0.29, 0.717) is 5.02 Å². The Bertz CT molecular complexity index is 609. The highest BCUT2D eigenvalue weighted by molar-refractivity contribution is 9.10. The molecule has 0 amide bonds. The van der Waals surface area contributed by atoms with E-state index in [0.717, 1.165) is 21.3 Å². The molecule has 2 aromatic rings. The van der Waals surface area contributed by atoms with Crippen LogP contribution >= 0.6 is 27.5 Å². The predicted molar refractivity (Wildman–Crippen MR) is 78.1 cm³/mol. The summed E-state index contributed by atoms with van der Waals surface area (Å²) in [6.07, 6.45) is 0. The van der Waals surface area contributed by atoms with Crippen molar-refractivity contribution in [2.45, 2.75) is 0 Å². The Kier molecular flexibility index (Phi) is 4.30. The Balaban J connectivity index is 2.27. The fraction of sp³-hybridized carbons (Fsp3) is 0.0667. The Morgan fingerprint density at radius 3 is 2.44 bits per heavy atom. The molecule has 0 saturated heterocycles. The quantitative estimate of drug-likeness (QED) is 0.702. The van der Waals surface area contributed by atoms with Gasteiger partial charge in [-0.2, -0.15) is 0 Å². The van der Waals surface area contributed by atoms with Gasteiger partial charge in [0.15, 0.2) is 0 Å². The number of hydrogen-bond acceptors (Lipinski definition) is 1. The van der Waals surface area contributed by atoms with Crippen LogP contribution in [0, 0.1) is 11.8 Å². The molecule has 0 atom stereocenters. The van der Waals surface area contributed by atoms with E-state index in [4.69, 9.17) is 16.3 Å².